The Morgan fingerprint density at radius 3 is 2.81 bits per heavy atom. The molecule has 3 heterocycles. The number of nitrogens with zero attached hydrogens (tertiary/aromatic N) is 5. The second-order valence-corrected chi connectivity index (χ2v) is 8.02. The summed E-state index contributed by atoms with van der Waals surface area (Å²) >= 11 is 0. The summed E-state index contributed by atoms with van der Waals surface area (Å²) < 4.78 is 29.8. The molecule has 1 aliphatic rings. The fourth-order valence-corrected chi connectivity index (χ4v) is 4.33. The maximum Gasteiger partial charge on any atom is 0.280 e. The molecule has 32 heavy (non-hydrogen) atoms. The van der Waals surface area contributed by atoms with Gasteiger partial charge in [0.05, 0.1) is 25.0 Å². The van der Waals surface area contributed by atoms with Crippen LogP contribution >= 0.6 is 0 Å². The molecule has 0 aliphatic heterocycles. The van der Waals surface area contributed by atoms with E-state index in [4.69, 9.17) is 0 Å². The van der Waals surface area contributed by atoms with Gasteiger partial charge in [-0.25, -0.2) is 18.3 Å². The lowest BCUT2D eigenvalue weighted by Gasteiger charge is -2.24. The summed E-state index contributed by atoms with van der Waals surface area (Å²) in [4.78, 5) is 17.3. The van der Waals surface area contributed by atoms with Crippen molar-refractivity contribution >= 4 is 11.6 Å². The summed E-state index contributed by atoms with van der Waals surface area (Å²) in [5, 5.41) is 11.6. The zero-order valence-electron chi connectivity index (χ0n) is 17.5. The fourth-order valence-electron chi connectivity index (χ4n) is 4.33. The first-order valence-electron chi connectivity index (χ1n) is 10.5. The zero-order valence-corrected chi connectivity index (χ0v) is 17.5. The number of aryl methyl sites for hydroxylation is 1. The van der Waals surface area contributed by atoms with Gasteiger partial charge in [0.15, 0.2) is 5.65 Å². The van der Waals surface area contributed by atoms with Crippen molar-refractivity contribution in [3.63, 3.8) is 0 Å². The highest BCUT2D eigenvalue weighted by molar-refractivity contribution is 5.99. The minimum absolute atomic E-state index is 0.133. The van der Waals surface area contributed by atoms with Crippen molar-refractivity contribution in [2.75, 3.05) is 0 Å². The normalized spacial score (nSPS) is 15.8. The Bertz CT molecular complexity index is 1280. The van der Waals surface area contributed by atoms with Crippen LogP contribution in [0.2, 0.25) is 0 Å². The third-order valence-electron chi connectivity index (χ3n) is 5.84. The molecule has 0 radical (unpaired) electrons. The van der Waals surface area contributed by atoms with Crippen LogP contribution in [0, 0.1) is 6.92 Å². The highest BCUT2D eigenvalue weighted by Crippen LogP contribution is 2.30. The maximum absolute atomic E-state index is 13.4. The SMILES string of the molecule is Cc1cc(C(F)F)n2ncc(C(=O)N[C@@H]3CCCc4c3cnn4Cc3ccccc3)c2n1. The van der Waals surface area contributed by atoms with Crippen LogP contribution in [0.15, 0.2) is 48.8 Å². The van der Waals surface area contributed by atoms with Crippen LogP contribution in [-0.2, 0) is 13.0 Å². The number of rotatable bonds is 5. The first-order valence-corrected chi connectivity index (χ1v) is 10.5. The average molecular weight is 436 g/mol. The van der Waals surface area contributed by atoms with E-state index in [0.717, 1.165) is 40.6 Å². The van der Waals surface area contributed by atoms with Gasteiger partial charge in [-0.1, -0.05) is 30.3 Å². The minimum atomic E-state index is -2.72. The first-order chi connectivity index (χ1) is 15.5. The van der Waals surface area contributed by atoms with Crippen molar-refractivity contribution in [2.45, 2.75) is 45.2 Å². The lowest BCUT2D eigenvalue weighted by molar-refractivity contribution is 0.0934. The van der Waals surface area contributed by atoms with Gasteiger partial charge < -0.3 is 5.32 Å². The number of halogens is 2. The molecule has 164 valence electrons. The molecule has 1 aliphatic carbocycles. The Hall–Kier alpha value is -3.62. The van der Waals surface area contributed by atoms with Crippen LogP contribution < -0.4 is 5.32 Å². The van der Waals surface area contributed by atoms with E-state index in [-0.39, 0.29) is 28.9 Å². The van der Waals surface area contributed by atoms with Crippen LogP contribution in [0.4, 0.5) is 8.78 Å². The molecular formula is C23H22F2N6O. The van der Waals surface area contributed by atoms with E-state index in [9.17, 15) is 13.6 Å². The van der Waals surface area contributed by atoms with E-state index in [1.165, 1.54) is 12.3 Å². The molecule has 0 spiro atoms. The van der Waals surface area contributed by atoms with Gasteiger partial charge in [-0.15, -0.1) is 0 Å². The van der Waals surface area contributed by atoms with E-state index in [0.29, 0.717) is 12.2 Å². The Morgan fingerprint density at radius 1 is 1.22 bits per heavy atom. The van der Waals surface area contributed by atoms with Crippen molar-refractivity contribution in [3.05, 3.63) is 82.6 Å². The van der Waals surface area contributed by atoms with E-state index < -0.39 is 6.43 Å². The molecule has 1 N–H and O–H groups in total. The van der Waals surface area contributed by atoms with Gasteiger partial charge in [-0.05, 0) is 37.8 Å². The predicted octanol–water partition coefficient (Wildman–Crippen LogP) is 4.03. The summed E-state index contributed by atoms with van der Waals surface area (Å²) in [6.45, 7) is 2.29. The molecule has 3 aromatic heterocycles. The van der Waals surface area contributed by atoms with Gasteiger partial charge in [0, 0.05) is 17.0 Å². The van der Waals surface area contributed by atoms with Gasteiger partial charge in [0.25, 0.3) is 12.3 Å². The quantitative estimate of drug-likeness (QED) is 0.513. The number of hydrogen-bond acceptors (Lipinski definition) is 4. The van der Waals surface area contributed by atoms with Crippen LogP contribution in [0.5, 0.6) is 0 Å². The molecule has 1 atom stereocenters. The van der Waals surface area contributed by atoms with Crippen molar-refractivity contribution in [1.29, 1.82) is 0 Å². The Morgan fingerprint density at radius 2 is 2.03 bits per heavy atom. The molecule has 1 amide bonds. The van der Waals surface area contributed by atoms with Gasteiger partial charge in [0.2, 0.25) is 0 Å². The van der Waals surface area contributed by atoms with E-state index in [1.54, 1.807) is 6.92 Å². The number of carbonyl (C=O) groups is 1. The third kappa shape index (κ3) is 3.63. The molecule has 5 rings (SSSR count). The van der Waals surface area contributed by atoms with Crippen molar-refractivity contribution in [3.8, 4) is 0 Å². The standard InChI is InChI=1S/C23H22F2N6O/c1-14-10-20(21(24)25)31-22(28-14)17(12-27-31)23(32)29-18-8-5-9-19-16(18)11-26-30(19)13-15-6-3-2-4-7-15/h2-4,6-7,10-12,18,21H,5,8-9,13H2,1H3,(H,29,32)/t18-/m1/s1. The average Bonchev–Trinajstić information content (AvgIpc) is 3.39. The highest BCUT2D eigenvalue weighted by Gasteiger charge is 2.28. The second kappa shape index (κ2) is 8.14. The van der Waals surface area contributed by atoms with E-state index in [1.807, 2.05) is 29.1 Å². The largest absolute Gasteiger partial charge is 0.345 e. The first kappa shape index (κ1) is 20.3. The number of fused-ring (bicyclic) bond motifs is 2. The molecule has 9 heteroatoms. The number of alkyl halides is 2. The summed E-state index contributed by atoms with van der Waals surface area (Å²) in [5.74, 6) is -0.382. The fraction of sp³-hybridized carbons (Fsp3) is 0.304. The van der Waals surface area contributed by atoms with E-state index >= 15 is 0 Å². The second-order valence-electron chi connectivity index (χ2n) is 8.02. The molecule has 0 saturated heterocycles. The van der Waals surface area contributed by atoms with Gasteiger partial charge in [-0.2, -0.15) is 10.2 Å². The molecular weight excluding hydrogens is 414 g/mol. The van der Waals surface area contributed by atoms with Gasteiger partial charge in [-0.3, -0.25) is 9.48 Å². The van der Waals surface area contributed by atoms with Crippen molar-refractivity contribution in [2.24, 2.45) is 0 Å². The molecule has 7 nitrogen and oxygen atoms in total. The smallest absolute Gasteiger partial charge is 0.280 e. The molecule has 0 bridgehead atoms. The number of amides is 1. The van der Waals surface area contributed by atoms with Crippen LogP contribution in [0.25, 0.3) is 5.65 Å². The van der Waals surface area contributed by atoms with Gasteiger partial charge >= 0.3 is 0 Å². The summed E-state index contributed by atoms with van der Waals surface area (Å²) in [6.07, 6.45) is 2.99. The van der Waals surface area contributed by atoms with Crippen LogP contribution in [-0.4, -0.2) is 30.3 Å². The maximum atomic E-state index is 13.4. The van der Waals surface area contributed by atoms with Gasteiger partial charge in [0.1, 0.15) is 11.3 Å². The van der Waals surface area contributed by atoms with Crippen molar-refractivity contribution < 1.29 is 13.6 Å². The van der Waals surface area contributed by atoms with E-state index in [2.05, 4.69) is 32.6 Å². The number of nitrogens with one attached hydrogen (secondary N) is 1. The predicted molar refractivity (Wildman–Crippen MR) is 114 cm³/mol. The Kier molecular flexibility index (Phi) is 5.16. The molecule has 0 saturated carbocycles. The Balaban J connectivity index is 1.41. The summed E-state index contributed by atoms with van der Waals surface area (Å²) in [7, 11) is 0. The Labute approximate surface area is 183 Å². The van der Waals surface area contributed by atoms with Crippen molar-refractivity contribution in [1.82, 2.24) is 29.7 Å². The minimum Gasteiger partial charge on any atom is -0.345 e. The summed E-state index contributed by atoms with van der Waals surface area (Å²) in [5.41, 5.74) is 3.70. The third-order valence-corrected chi connectivity index (χ3v) is 5.84. The number of benzene rings is 1. The number of carbonyl (C=O) groups excluding carboxylic acids is 1. The number of hydrogen-bond donors (Lipinski definition) is 1. The number of aromatic nitrogens is 5. The lowest BCUT2D eigenvalue weighted by atomic mass is 9.92. The van der Waals surface area contributed by atoms with Crippen LogP contribution in [0.3, 0.4) is 0 Å². The van der Waals surface area contributed by atoms with Crippen LogP contribution in [0.1, 0.15) is 63.9 Å². The molecule has 0 unspecified atom stereocenters. The zero-order chi connectivity index (χ0) is 22.2. The highest BCUT2D eigenvalue weighted by atomic mass is 19.3. The summed E-state index contributed by atoms with van der Waals surface area (Å²) in [6, 6.07) is 11.2. The lowest BCUT2D eigenvalue weighted by Crippen LogP contribution is -2.31. The molecule has 0 fully saturated rings. The molecule has 1 aromatic carbocycles. The topological polar surface area (TPSA) is 77.1 Å². The monoisotopic (exact) mass is 436 g/mol. The molecule has 4 aromatic rings.